The molecule has 0 bridgehead atoms. The lowest BCUT2D eigenvalue weighted by Crippen LogP contribution is -2.34. The van der Waals surface area contributed by atoms with E-state index < -0.39 is 10.0 Å². The van der Waals surface area contributed by atoms with Crippen LogP contribution in [0.2, 0.25) is 0 Å². The zero-order chi connectivity index (χ0) is 8.91. The van der Waals surface area contributed by atoms with Crippen molar-refractivity contribution in [3.05, 3.63) is 0 Å². The van der Waals surface area contributed by atoms with E-state index in [1.165, 1.54) is 0 Å². The molecule has 0 radical (unpaired) electrons. The molecule has 0 aliphatic rings. The molecule has 0 atom stereocenters. The van der Waals surface area contributed by atoms with Gasteiger partial charge < -0.3 is 5.73 Å². The van der Waals surface area contributed by atoms with Crippen LogP contribution in [0.25, 0.3) is 0 Å². The van der Waals surface area contributed by atoms with Crippen molar-refractivity contribution in [1.82, 2.24) is 4.72 Å². The van der Waals surface area contributed by atoms with Crippen molar-refractivity contribution in [2.45, 2.75) is 13.3 Å². The van der Waals surface area contributed by atoms with Gasteiger partial charge in [-0.1, -0.05) is 6.92 Å². The molecule has 0 aromatic heterocycles. The highest BCUT2D eigenvalue weighted by Crippen LogP contribution is 1.86. The predicted octanol–water partition coefficient (Wildman–Crippen LogP) is -0.748. The van der Waals surface area contributed by atoms with Crippen molar-refractivity contribution < 1.29 is 8.42 Å². The summed E-state index contributed by atoms with van der Waals surface area (Å²) in [6, 6.07) is 0. The van der Waals surface area contributed by atoms with Crippen LogP contribution in [0.3, 0.4) is 0 Å². The van der Waals surface area contributed by atoms with Gasteiger partial charge in [0.1, 0.15) is 5.84 Å². The third-order valence-electron chi connectivity index (χ3n) is 0.955. The fourth-order valence-electron chi connectivity index (χ4n) is 0.529. The zero-order valence-corrected chi connectivity index (χ0v) is 7.24. The molecular formula is C5H13N3O2S. The number of nitrogens with one attached hydrogen (secondary N) is 2. The first-order valence-electron chi connectivity index (χ1n) is 3.28. The molecular weight excluding hydrogens is 166 g/mol. The van der Waals surface area contributed by atoms with Crippen LogP contribution in [0.5, 0.6) is 0 Å². The minimum Gasteiger partial charge on any atom is -0.387 e. The lowest BCUT2D eigenvalue weighted by atomic mass is 10.6. The third kappa shape index (κ3) is 5.81. The molecule has 0 rings (SSSR count). The molecule has 0 heterocycles. The first kappa shape index (κ1) is 10.4. The minimum absolute atomic E-state index is 0.0836. The molecule has 0 spiro atoms. The number of amidine groups is 1. The van der Waals surface area contributed by atoms with Crippen molar-refractivity contribution >= 4 is 15.9 Å². The summed E-state index contributed by atoms with van der Waals surface area (Å²) in [5, 5.41) is 6.76. The lowest BCUT2D eigenvalue weighted by Gasteiger charge is -2.02. The molecule has 0 aromatic carbocycles. The van der Waals surface area contributed by atoms with E-state index in [1.54, 1.807) is 6.92 Å². The highest BCUT2D eigenvalue weighted by molar-refractivity contribution is 7.89. The molecule has 66 valence electrons. The average Bonchev–Trinajstić information content (AvgIpc) is 1.84. The molecule has 0 saturated heterocycles. The second-order valence-electron chi connectivity index (χ2n) is 2.17. The van der Waals surface area contributed by atoms with Gasteiger partial charge in [0.2, 0.25) is 10.0 Å². The van der Waals surface area contributed by atoms with Crippen LogP contribution in [0, 0.1) is 5.41 Å². The maximum Gasteiger partial charge on any atom is 0.211 e. The van der Waals surface area contributed by atoms with Gasteiger partial charge in [0.05, 0.1) is 12.3 Å². The molecule has 0 aliphatic heterocycles. The maximum absolute atomic E-state index is 10.9. The number of hydrogen-bond acceptors (Lipinski definition) is 3. The quantitative estimate of drug-likeness (QED) is 0.383. The van der Waals surface area contributed by atoms with Gasteiger partial charge in [0.25, 0.3) is 0 Å². The summed E-state index contributed by atoms with van der Waals surface area (Å²) in [6.07, 6.45) is 0.563. The van der Waals surface area contributed by atoms with Crippen LogP contribution in [0.15, 0.2) is 0 Å². The number of nitrogens with two attached hydrogens (primary N) is 1. The summed E-state index contributed by atoms with van der Waals surface area (Å²) >= 11 is 0. The SMILES string of the molecule is CCCS(=O)(=O)NCC(=N)N. The van der Waals surface area contributed by atoms with Crippen LogP contribution in [0.1, 0.15) is 13.3 Å². The van der Waals surface area contributed by atoms with Crippen molar-refractivity contribution in [3.8, 4) is 0 Å². The van der Waals surface area contributed by atoms with Crippen LogP contribution >= 0.6 is 0 Å². The molecule has 5 nitrogen and oxygen atoms in total. The third-order valence-corrected chi connectivity index (χ3v) is 2.49. The maximum atomic E-state index is 10.9. The summed E-state index contributed by atoms with van der Waals surface area (Å²) < 4.78 is 23.9. The van der Waals surface area contributed by atoms with E-state index in [0.29, 0.717) is 6.42 Å². The molecule has 0 aromatic rings. The molecule has 0 fully saturated rings. The van der Waals surface area contributed by atoms with Crippen molar-refractivity contribution in [2.24, 2.45) is 5.73 Å². The zero-order valence-electron chi connectivity index (χ0n) is 6.42. The smallest absolute Gasteiger partial charge is 0.211 e. The largest absolute Gasteiger partial charge is 0.387 e. The molecule has 4 N–H and O–H groups in total. The van der Waals surface area contributed by atoms with Gasteiger partial charge in [-0.3, -0.25) is 5.41 Å². The Morgan fingerprint density at radius 3 is 2.55 bits per heavy atom. The van der Waals surface area contributed by atoms with Gasteiger partial charge >= 0.3 is 0 Å². The summed E-state index contributed by atoms with van der Waals surface area (Å²) in [6.45, 7) is 1.68. The molecule has 0 aliphatic carbocycles. The second-order valence-corrected chi connectivity index (χ2v) is 4.09. The van der Waals surface area contributed by atoms with Gasteiger partial charge in [0, 0.05) is 0 Å². The first-order valence-corrected chi connectivity index (χ1v) is 4.93. The van der Waals surface area contributed by atoms with Crippen LogP contribution in [-0.4, -0.2) is 26.6 Å². The van der Waals surface area contributed by atoms with E-state index in [0.717, 1.165) is 0 Å². The molecule has 0 unspecified atom stereocenters. The average molecular weight is 179 g/mol. The fourth-order valence-corrected chi connectivity index (χ4v) is 1.59. The lowest BCUT2D eigenvalue weighted by molar-refractivity contribution is 0.585. The fraction of sp³-hybridized carbons (Fsp3) is 0.800. The van der Waals surface area contributed by atoms with E-state index >= 15 is 0 Å². The standard InChI is InChI=1S/C5H13N3O2S/c1-2-3-11(9,10)8-4-5(6)7/h8H,2-4H2,1H3,(H3,6,7). The minimum atomic E-state index is -3.20. The number of rotatable bonds is 5. The molecule has 0 amide bonds. The van der Waals surface area contributed by atoms with E-state index in [1.807, 2.05) is 0 Å². The Balaban J connectivity index is 3.84. The Hall–Kier alpha value is -0.620. The van der Waals surface area contributed by atoms with Gasteiger partial charge in [-0.25, -0.2) is 13.1 Å². The number of sulfonamides is 1. The molecule has 11 heavy (non-hydrogen) atoms. The monoisotopic (exact) mass is 179 g/mol. The summed E-state index contributed by atoms with van der Waals surface area (Å²) in [5.41, 5.74) is 4.95. The Labute approximate surface area is 66.5 Å². The predicted molar refractivity (Wildman–Crippen MR) is 44.0 cm³/mol. The topological polar surface area (TPSA) is 96.0 Å². The highest BCUT2D eigenvalue weighted by Gasteiger charge is 2.06. The summed E-state index contributed by atoms with van der Waals surface area (Å²) in [4.78, 5) is 0. The van der Waals surface area contributed by atoms with E-state index in [9.17, 15) is 8.42 Å². The second kappa shape index (κ2) is 4.30. The van der Waals surface area contributed by atoms with Gasteiger partial charge in [-0.05, 0) is 6.42 Å². The Kier molecular flexibility index (Phi) is 4.06. The van der Waals surface area contributed by atoms with Crippen molar-refractivity contribution in [2.75, 3.05) is 12.3 Å². The molecule has 0 saturated carbocycles. The Morgan fingerprint density at radius 1 is 1.64 bits per heavy atom. The summed E-state index contributed by atoms with van der Waals surface area (Å²) in [5.74, 6) is -0.0926. The Morgan fingerprint density at radius 2 is 2.18 bits per heavy atom. The van der Waals surface area contributed by atoms with Gasteiger partial charge in [0.15, 0.2) is 0 Å². The van der Waals surface area contributed by atoms with E-state index in [2.05, 4.69) is 4.72 Å². The van der Waals surface area contributed by atoms with E-state index in [4.69, 9.17) is 11.1 Å². The van der Waals surface area contributed by atoms with Crippen LogP contribution in [0.4, 0.5) is 0 Å². The Bertz CT molecular complexity index is 222. The van der Waals surface area contributed by atoms with E-state index in [-0.39, 0.29) is 18.1 Å². The number of hydrogen-bond donors (Lipinski definition) is 3. The van der Waals surface area contributed by atoms with Crippen molar-refractivity contribution in [1.29, 1.82) is 5.41 Å². The normalized spacial score (nSPS) is 11.4. The first-order chi connectivity index (χ1) is 4.98. The highest BCUT2D eigenvalue weighted by atomic mass is 32.2. The van der Waals surface area contributed by atoms with Gasteiger partial charge in [-0.15, -0.1) is 0 Å². The molecule has 6 heteroatoms. The summed E-state index contributed by atoms with van der Waals surface area (Å²) in [7, 11) is -3.20. The van der Waals surface area contributed by atoms with Crippen LogP contribution < -0.4 is 10.5 Å². The van der Waals surface area contributed by atoms with Crippen LogP contribution in [-0.2, 0) is 10.0 Å². The van der Waals surface area contributed by atoms with Gasteiger partial charge in [-0.2, -0.15) is 0 Å². The van der Waals surface area contributed by atoms with Crippen molar-refractivity contribution in [3.63, 3.8) is 0 Å².